The van der Waals surface area contributed by atoms with Crippen LogP contribution in [-0.2, 0) is 19.0 Å². The van der Waals surface area contributed by atoms with Crippen LogP contribution in [0.4, 0.5) is 0 Å². The number of unbranched alkanes of at least 4 members (excludes halogenated alkanes) is 6. The lowest BCUT2D eigenvalue weighted by Gasteiger charge is -2.31. The van der Waals surface area contributed by atoms with E-state index in [2.05, 4.69) is 20.8 Å². The van der Waals surface area contributed by atoms with Crippen molar-refractivity contribution in [3.8, 4) is 0 Å². The molecule has 6 nitrogen and oxygen atoms in total. The highest BCUT2D eigenvalue weighted by molar-refractivity contribution is 5.57. The highest BCUT2D eigenvalue weighted by Gasteiger charge is 2.37. The lowest BCUT2D eigenvalue weighted by molar-refractivity contribution is -0.140. The quantitative estimate of drug-likeness (QED) is 0.0717. The van der Waals surface area contributed by atoms with Crippen LogP contribution in [0, 0.1) is 0 Å². The SMILES string of the molecule is CCCCC=CC=CO[C@@H]([C@H](OC=CC=CCCCC)[C@H](C=O)OC=CC=CCCCC)[C@H](O)CO. The van der Waals surface area contributed by atoms with Crippen molar-refractivity contribution in [2.75, 3.05) is 6.61 Å². The molecule has 6 heteroatoms. The van der Waals surface area contributed by atoms with Gasteiger partial charge in [0.2, 0.25) is 0 Å². The second-order valence-electron chi connectivity index (χ2n) is 8.38. The van der Waals surface area contributed by atoms with Crippen molar-refractivity contribution < 1.29 is 29.2 Å². The van der Waals surface area contributed by atoms with E-state index in [-0.39, 0.29) is 0 Å². The van der Waals surface area contributed by atoms with Crippen molar-refractivity contribution in [1.29, 1.82) is 0 Å². The van der Waals surface area contributed by atoms with E-state index >= 15 is 0 Å². The third-order valence-corrected chi connectivity index (χ3v) is 5.21. The van der Waals surface area contributed by atoms with Crippen LogP contribution in [0.15, 0.2) is 73.5 Å². The summed E-state index contributed by atoms with van der Waals surface area (Å²) in [4.78, 5) is 11.9. The van der Waals surface area contributed by atoms with Gasteiger partial charge in [0.1, 0.15) is 6.10 Å². The Bertz CT molecular complexity index is 677. The van der Waals surface area contributed by atoms with Crippen molar-refractivity contribution in [3.63, 3.8) is 0 Å². The number of aldehydes is 1. The Morgan fingerprint density at radius 3 is 1.44 bits per heavy atom. The van der Waals surface area contributed by atoms with Gasteiger partial charge in [-0.2, -0.15) is 0 Å². The molecule has 0 unspecified atom stereocenters. The van der Waals surface area contributed by atoms with Crippen LogP contribution in [0.3, 0.4) is 0 Å². The standard InChI is InChI=1S/C30H48O6/c1-4-7-10-13-16-19-22-34-28(26-32)30(36-24-21-18-15-12-9-6-3)29(27(33)25-31)35-23-20-17-14-11-8-5-2/h13-24,26-31,33H,4-12,25H2,1-3H3/t27-,28+,29-,30-/m1/s1. The van der Waals surface area contributed by atoms with E-state index in [1.807, 2.05) is 36.5 Å². The minimum atomic E-state index is -1.29. The number of carbonyl (C=O) groups is 1. The van der Waals surface area contributed by atoms with Crippen molar-refractivity contribution in [2.24, 2.45) is 0 Å². The van der Waals surface area contributed by atoms with Crippen molar-refractivity contribution in [3.05, 3.63) is 73.5 Å². The van der Waals surface area contributed by atoms with Gasteiger partial charge in [-0.05, 0) is 37.5 Å². The van der Waals surface area contributed by atoms with Crippen molar-refractivity contribution in [1.82, 2.24) is 0 Å². The smallest absolute Gasteiger partial charge is 0.193 e. The maximum atomic E-state index is 11.9. The van der Waals surface area contributed by atoms with Gasteiger partial charge in [0.05, 0.1) is 25.4 Å². The monoisotopic (exact) mass is 504 g/mol. The molecule has 36 heavy (non-hydrogen) atoms. The predicted molar refractivity (Wildman–Crippen MR) is 147 cm³/mol. The summed E-state index contributed by atoms with van der Waals surface area (Å²) in [5.74, 6) is 0. The maximum absolute atomic E-state index is 11.9. The van der Waals surface area contributed by atoms with E-state index < -0.39 is 31.0 Å². The molecule has 0 bridgehead atoms. The fourth-order valence-corrected chi connectivity index (χ4v) is 3.05. The van der Waals surface area contributed by atoms with Crippen LogP contribution in [0.5, 0.6) is 0 Å². The Kier molecular flexibility index (Phi) is 23.7. The molecule has 2 N–H and O–H groups in total. The molecule has 0 aromatic rings. The predicted octanol–water partition coefficient (Wildman–Crippen LogP) is 6.47. The first-order valence-electron chi connectivity index (χ1n) is 13.3. The van der Waals surface area contributed by atoms with Gasteiger partial charge in [-0.15, -0.1) is 0 Å². The zero-order valence-electron chi connectivity index (χ0n) is 22.4. The fraction of sp³-hybridized carbons (Fsp3) is 0.567. The summed E-state index contributed by atoms with van der Waals surface area (Å²) in [6, 6.07) is 0. The molecule has 4 atom stereocenters. The Morgan fingerprint density at radius 1 is 0.639 bits per heavy atom. The van der Waals surface area contributed by atoms with Crippen LogP contribution < -0.4 is 0 Å². The number of aliphatic hydroxyl groups is 2. The van der Waals surface area contributed by atoms with Gasteiger partial charge < -0.3 is 24.4 Å². The minimum absolute atomic E-state index is 0.563. The average Bonchev–Trinajstić information content (AvgIpc) is 2.89. The number of aliphatic hydroxyl groups excluding tert-OH is 2. The molecule has 0 heterocycles. The minimum Gasteiger partial charge on any atom is -0.491 e. The Labute approximate surface area is 218 Å². The molecule has 0 saturated heterocycles. The number of rotatable bonds is 23. The van der Waals surface area contributed by atoms with Gasteiger partial charge in [-0.3, -0.25) is 4.79 Å². The molecule has 0 rings (SSSR count). The van der Waals surface area contributed by atoms with E-state index in [0.29, 0.717) is 6.29 Å². The van der Waals surface area contributed by atoms with Gasteiger partial charge in [0, 0.05) is 0 Å². The first-order chi connectivity index (χ1) is 17.7. The van der Waals surface area contributed by atoms with Gasteiger partial charge >= 0.3 is 0 Å². The summed E-state index contributed by atoms with van der Waals surface area (Å²) in [5.41, 5.74) is 0. The molecule has 0 aliphatic heterocycles. The van der Waals surface area contributed by atoms with Crippen molar-refractivity contribution >= 4 is 6.29 Å². The van der Waals surface area contributed by atoms with Crippen LogP contribution >= 0.6 is 0 Å². The van der Waals surface area contributed by atoms with Crippen molar-refractivity contribution in [2.45, 2.75) is 103 Å². The maximum Gasteiger partial charge on any atom is 0.193 e. The Hall–Kier alpha value is -2.57. The van der Waals surface area contributed by atoms with Crippen LogP contribution in [0.25, 0.3) is 0 Å². The van der Waals surface area contributed by atoms with Gasteiger partial charge in [0.15, 0.2) is 24.6 Å². The summed E-state index contributed by atoms with van der Waals surface area (Å²) in [6.07, 6.45) is 26.8. The molecule has 0 radical (unpaired) electrons. The van der Waals surface area contributed by atoms with E-state index in [0.717, 1.165) is 57.8 Å². The molecule has 0 saturated carbocycles. The molecular formula is C30H48O6. The van der Waals surface area contributed by atoms with E-state index in [4.69, 9.17) is 14.2 Å². The lowest BCUT2D eigenvalue weighted by atomic mass is 10.0. The van der Waals surface area contributed by atoms with E-state index in [9.17, 15) is 15.0 Å². The molecule has 204 valence electrons. The largest absolute Gasteiger partial charge is 0.491 e. The number of ether oxygens (including phenoxy) is 3. The van der Waals surface area contributed by atoms with Crippen LogP contribution in [0.1, 0.15) is 78.6 Å². The summed E-state index contributed by atoms with van der Waals surface area (Å²) in [5, 5.41) is 20.1. The summed E-state index contributed by atoms with van der Waals surface area (Å²) < 4.78 is 17.2. The van der Waals surface area contributed by atoms with Crippen LogP contribution in [-0.4, -0.2) is 47.5 Å². The molecule has 0 aliphatic rings. The number of hydrogen-bond donors (Lipinski definition) is 2. The molecule has 0 amide bonds. The second-order valence-corrected chi connectivity index (χ2v) is 8.38. The molecule has 0 aromatic heterocycles. The summed E-state index contributed by atoms with van der Waals surface area (Å²) in [7, 11) is 0. The zero-order chi connectivity index (χ0) is 26.7. The van der Waals surface area contributed by atoms with Gasteiger partial charge in [0.25, 0.3) is 0 Å². The lowest BCUT2D eigenvalue weighted by Crippen LogP contribution is -2.48. The molecule has 0 aliphatic carbocycles. The molecular weight excluding hydrogens is 456 g/mol. The first kappa shape index (κ1) is 33.4. The third-order valence-electron chi connectivity index (χ3n) is 5.21. The molecule has 0 spiro atoms. The second kappa shape index (κ2) is 25.5. The van der Waals surface area contributed by atoms with E-state index in [1.54, 1.807) is 18.2 Å². The Balaban J connectivity index is 5.50. The normalized spacial score (nSPS) is 16.0. The topological polar surface area (TPSA) is 85.2 Å². The fourth-order valence-electron chi connectivity index (χ4n) is 3.05. The first-order valence-corrected chi connectivity index (χ1v) is 13.3. The summed E-state index contributed by atoms with van der Waals surface area (Å²) >= 11 is 0. The van der Waals surface area contributed by atoms with Gasteiger partial charge in [-0.25, -0.2) is 0 Å². The molecule has 0 fully saturated rings. The number of hydrogen-bond acceptors (Lipinski definition) is 6. The highest BCUT2D eigenvalue weighted by Crippen LogP contribution is 2.17. The average molecular weight is 505 g/mol. The van der Waals surface area contributed by atoms with E-state index in [1.165, 1.54) is 18.8 Å². The molecule has 0 aromatic carbocycles. The van der Waals surface area contributed by atoms with Crippen LogP contribution in [0.2, 0.25) is 0 Å². The number of carbonyl (C=O) groups excluding carboxylic acids is 1. The van der Waals surface area contributed by atoms with Gasteiger partial charge in [-0.1, -0.05) is 95.8 Å². The summed E-state index contributed by atoms with van der Waals surface area (Å²) in [6.45, 7) is 5.84. The zero-order valence-corrected chi connectivity index (χ0v) is 22.4. The Morgan fingerprint density at radius 2 is 1.06 bits per heavy atom. The highest BCUT2D eigenvalue weighted by atomic mass is 16.6. The number of allylic oxidation sites excluding steroid dienone is 9. The third kappa shape index (κ3) is 17.8.